The molecule has 6 nitrogen and oxygen atoms in total. The van der Waals surface area contributed by atoms with E-state index >= 15 is 0 Å². The van der Waals surface area contributed by atoms with Gasteiger partial charge >= 0.3 is 17.9 Å². The van der Waals surface area contributed by atoms with Crippen LogP contribution in [0.1, 0.15) is 252 Å². The third kappa shape index (κ3) is 49.7. The first kappa shape index (κ1) is 59.9. The summed E-state index contributed by atoms with van der Waals surface area (Å²) in [5, 5.41) is 0. The minimum Gasteiger partial charge on any atom is -0.462 e. The van der Waals surface area contributed by atoms with Crippen LogP contribution in [-0.4, -0.2) is 37.2 Å². The van der Waals surface area contributed by atoms with E-state index in [1.165, 1.54) is 89.9 Å². The number of unbranched alkanes of at least 4 members (excludes halogenated alkanes) is 27. The number of hydrogen-bond acceptors (Lipinski definition) is 6. The molecule has 0 rings (SSSR count). The Hall–Kier alpha value is -3.15. The SMILES string of the molecule is CCCCCC/C=C/C=C/CCCCCCCC(=O)OCC(COC(=O)CCCCCCC/C=C/C=C/CCCCCC)OC(=O)CCCCCCC/C=C/C=C/CCCCCC. The molecule has 362 valence electrons. The highest BCUT2D eigenvalue weighted by Gasteiger charge is 2.19. The molecular weight excluding hydrogens is 781 g/mol. The lowest BCUT2D eigenvalue weighted by Crippen LogP contribution is -2.30. The number of hydrogen-bond donors (Lipinski definition) is 0. The van der Waals surface area contributed by atoms with Crippen molar-refractivity contribution < 1.29 is 28.6 Å². The van der Waals surface area contributed by atoms with Crippen molar-refractivity contribution >= 4 is 17.9 Å². The second-order valence-electron chi connectivity index (χ2n) is 17.5. The van der Waals surface area contributed by atoms with Crippen molar-refractivity contribution in [3.05, 3.63) is 72.9 Å². The zero-order valence-electron chi connectivity index (χ0n) is 41.3. The van der Waals surface area contributed by atoms with E-state index < -0.39 is 6.10 Å². The topological polar surface area (TPSA) is 78.9 Å². The second kappa shape index (κ2) is 51.5. The third-order valence-electron chi connectivity index (χ3n) is 11.2. The molecule has 0 aromatic carbocycles. The average molecular weight is 879 g/mol. The lowest BCUT2D eigenvalue weighted by molar-refractivity contribution is -0.167. The highest BCUT2D eigenvalue weighted by Crippen LogP contribution is 2.13. The number of allylic oxidation sites excluding steroid dienone is 12. The molecule has 0 unspecified atom stereocenters. The molecule has 63 heavy (non-hydrogen) atoms. The summed E-state index contributed by atoms with van der Waals surface area (Å²) in [7, 11) is 0. The van der Waals surface area contributed by atoms with Gasteiger partial charge in [-0.05, 0) is 96.3 Å². The van der Waals surface area contributed by atoms with Crippen molar-refractivity contribution in [3.63, 3.8) is 0 Å². The number of rotatable bonds is 47. The van der Waals surface area contributed by atoms with Crippen molar-refractivity contribution in [2.24, 2.45) is 0 Å². The van der Waals surface area contributed by atoms with Gasteiger partial charge < -0.3 is 14.2 Å². The summed E-state index contributed by atoms with van der Waals surface area (Å²) in [5.41, 5.74) is 0. The van der Waals surface area contributed by atoms with Crippen LogP contribution in [0.4, 0.5) is 0 Å². The van der Waals surface area contributed by atoms with Gasteiger partial charge in [0, 0.05) is 19.3 Å². The maximum Gasteiger partial charge on any atom is 0.306 e. The van der Waals surface area contributed by atoms with Gasteiger partial charge in [-0.1, -0.05) is 209 Å². The molecule has 0 aliphatic rings. The minimum atomic E-state index is -0.796. The van der Waals surface area contributed by atoms with Gasteiger partial charge in [-0.2, -0.15) is 0 Å². The van der Waals surface area contributed by atoms with Crippen LogP contribution in [-0.2, 0) is 28.6 Å². The largest absolute Gasteiger partial charge is 0.462 e. The fourth-order valence-corrected chi connectivity index (χ4v) is 7.18. The molecule has 0 aliphatic carbocycles. The molecule has 6 heteroatoms. The Morgan fingerprint density at radius 1 is 0.317 bits per heavy atom. The predicted octanol–water partition coefficient (Wildman–Crippen LogP) is 17.4. The zero-order chi connectivity index (χ0) is 45.8. The Morgan fingerprint density at radius 3 is 0.841 bits per heavy atom. The van der Waals surface area contributed by atoms with Gasteiger partial charge in [0.05, 0.1) is 0 Å². The van der Waals surface area contributed by atoms with Gasteiger partial charge in [-0.25, -0.2) is 0 Å². The van der Waals surface area contributed by atoms with Crippen molar-refractivity contribution in [2.75, 3.05) is 13.2 Å². The Labute approximate surface area is 389 Å². The Balaban J connectivity index is 4.47. The maximum absolute atomic E-state index is 12.8. The molecule has 0 heterocycles. The molecule has 0 aromatic heterocycles. The van der Waals surface area contributed by atoms with E-state index in [2.05, 4.69) is 93.7 Å². The number of ether oxygens (including phenoxy) is 3. The van der Waals surface area contributed by atoms with Crippen molar-refractivity contribution in [1.82, 2.24) is 0 Å². The van der Waals surface area contributed by atoms with E-state index in [0.29, 0.717) is 19.3 Å². The minimum absolute atomic E-state index is 0.0951. The highest BCUT2D eigenvalue weighted by atomic mass is 16.6. The first-order valence-corrected chi connectivity index (χ1v) is 26.5. The van der Waals surface area contributed by atoms with Crippen LogP contribution in [0.15, 0.2) is 72.9 Å². The fourth-order valence-electron chi connectivity index (χ4n) is 7.18. The summed E-state index contributed by atoms with van der Waals surface area (Å²) in [4.78, 5) is 38.0. The van der Waals surface area contributed by atoms with Gasteiger partial charge in [0.25, 0.3) is 0 Å². The van der Waals surface area contributed by atoms with Gasteiger partial charge in [-0.3, -0.25) is 14.4 Å². The number of esters is 3. The Bertz CT molecular complexity index is 1130. The van der Waals surface area contributed by atoms with Crippen LogP contribution < -0.4 is 0 Å². The lowest BCUT2D eigenvalue weighted by Gasteiger charge is -2.18. The second-order valence-corrected chi connectivity index (χ2v) is 17.5. The summed E-state index contributed by atoms with van der Waals surface area (Å²) >= 11 is 0. The van der Waals surface area contributed by atoms with Crippen molar-refractivity contribution in [1.29, 1.82) is 0 Å². The molecule has 0 bridgehead atoms. The van der Waals surface area contributed by atoms with E-state index in [0.717, 1.165) is 122 Å². The van der Waals surface area contributed by atoms with E-state index in [9.17, 15) is 14.4 Å². The first-order valence-electron chi connectivity index (χ1n) is 26.5. The number of carbonyl (C=O) groups excluding carboxylic acids is 3. The van der Waals surface area contributed by atoms with Gasteiger partial charge in [0.2, 0.25) is 0 Å². The maximum atomic E-state index is 12.8. The summed E-state index contributed by atoms with van der Waals surface area (Å²) in [6.07, 6.45) is 64.4. The molecule has 0 amide bonds. The molecule has 0 radical (unpaired) electrons. The molecule has 0 aliphatic heterocycles. The average Bonchev–Trinajstić information content (AvgIpc) is 3.28. The van der Waals surface area contributed by atoms with Crippen LogP contribution in [0.25, 0.3) is 0 Å². The summed E-state index contributed by atoms with van der Waals surface area (Å²) < 4.78 is 16.8. The van der Waals surface area contributed by atoms with E-state index in [4.69, 9.17) is 14.2 Å². The van der Waals surface area contributed by atoms with Crippen LogP contribution in [0, 0.1) is 0 Å². The summed E-state index contributed by atoms with van der Waals surface area (Å²) in [5.74, 6) is -0.937. The quantitative estimate of drug-likeness (QED) is 0.0262. The monoisotopic (exact) mass is 879 g/mol. The summed E-state index contributed by atoms with van der Waals surface area (Å²) in [6.45, 7) is 6.54. The summed E-state index contributed by atoms with van der Waals surface area (Å²) in [6, 6.07) is 0. The standard InChI is InChI=1S/C57H98O6/c1-4-7-10-13-16-19-22-25-28-31-34-37-40-43-46-49-55(58)61-52-54(63-57(60)51-48-45-42-39-36-33-30-27-24-21-18-15-12-9-6-3)53-62-56(59)50-47-44-41-38-35-32-29-26-23-20-17-14-11-8-5-2/h19-30,54H,4-18,31-53H2,1-3H3/b22-19+,23-20+,24-21+,28-25+,29-26+,30-27+. The molecule has 0 aromatic rings. The van der Waals surface area contributed by atoms with Crippen molar-refractivity contribution in [3.8, 4) is 0 Å². The Kier molecular flexibility index (Phi) is 48.9. The molecule has 0 fully saturated rings. The van der Waals surface area contributed by atoms with Crippen molar-refractivity contribution in [2.45, 2.75) is 258 Å². The third-order valence-corrected chi connectivity index (χ3v) is 11.2. The van der Waals surface area contributed by atoms with Crippen LogP contribution in [0.3, 0.4) is 0 Å². The van der Waals surface area contributed by atoms with Crippen LogP contribution in [0.5, 0.6) is 0 Å². The molecule has 0 spiro atoms. The number of carbonyl (C=O) groups is 3. The smallest absolute Gasteiger partial charge is 0.306 e. The normalized spacial score (nSPS) is 12.2. The molecule has 0 atom stereocenters. The van der Waals surface area contributed by atoms with Gasteiger partial charge in [0.1, 0.15) is 13.2 Å². The van der Waals surface area contributed by atoms with E-state index in [1.807, 2.05) is 0 Å². The van der Waals surface area contributed by atoms with Gasteiger partial charge in [-0.15, -0.1) is 0 Å². The van der Waals surface area contributed by atoms with Gasteiger partial charge in [0.15, 0.2) is 6.10 Å². The fraction of sp³-hybridized carbons (Fsp3) is 0.737. The lowest BCUT2D eigenvalue weighted by atomic mass is 10.1. The van der Waals surface area contributed by atoms with E-state index in [1.54, 1.807) is 0 Å². The first-order chi connectivity index (χ1) is 31.0. The van der Waals surface area contributed by atoms with Crippen LogP contribution in [0.2, 0.25) is 0 Å². The highest BCUT2D eigenvalue weighted by molar-refractivity contribution is 5.71. The molecule has 0 N–H and O–H groups in total. The molecule has 0 saturated carbocycles. The zero-order valence-corrected chi connectivity index (χ0v) is 41.3. The molecule has 0 saturated heterocycles. The van der Waals surface area contributed by atoms with E-state index in [-0.39, 0.29) is 31.1 Å². The van der Waals surface area contributed by atoms with Crippen LogP contribution >= 0.6 is 0 Å². The Morgan fingerprint density at radius 2 is 0.556 bits per heavy atom. The molecular formula is C57H98O6. The predicted molar refractivity (Wildman–Crippen MR) is 270 cm³/mol.